The fourth-order valence-electron chi connectivity index (χ4n) is 1.54. The lowest BCUT2D eigenvalue weighted by Crippen LogP contribution is -1.96. The number of aliphatic hydroxyl groups is 1. The van der Waals surface area contributed by atoms with Crippen LogP contribution in [0.15, 0.2) is 6.07 Å². The van der Waals surface area contributed by atoms with Gasteiger partial charge in [0.05, 0.1) is 6.10 Å². The maximum Gasteiger partial charge on any atom is 0.0879 e. The molecule has 1 aromatic rings. The van der Waals surface area contributed by atoms with E-state index in [9.17, 15) is 5.11 Å². The second kappa shape index (κ2) is 4.03. The van der Waals surface area contributed by atoms with Crippen molar-refractivity contribution in [3.05, 3.63) is 21.4 Å². The summed E-state index contributed by atoms with van der Waals surface area (Å²) in [6.07, 6.45) is 1.79. The lowest BCUT2D eigenvalue weighted by atomic mass is 10.2. The van der Waals surface area contributed by atoms with E-state index in [0.717, 1.165) is 17.1 Å². The van der Waals surface area contributed by atoms with E-state index in [-0.39, 0.29) is 6.10 Å². The molecule has 72 valence electrons. The van der Waals surface area contributed by atoms with Crippen LogP contribution in [-0.2, 0) is 12.2 Å². The van der Waals surface area contributed by atoms with E-state index in [1.165, 1.54) is 22.6 Å². The lowest BCUT2D eigenvalue weighted by Gasteiger charge is -2.08. The summed E-state index contributed by atoms with van der Waals surface area (Å²) in [5.74, 6) is 2.39. The van der Waals surface area contributed by atoms with Crippen molar-refractivity contribution >= 4 is 23.1 Å². The molecule has 3 heteroatoms. The first-order valence-corrected chi connectivity index (χ1v) is 6.65. The predicted molar refractivity (Wildman–Crippen MR) is 59.4 cm³/mol. The van der Waals surface area contributed by atoms with E-state index in [1.807, 2.05) is 18.7 Å². The number of fused-ring (bicyclic) bond motifs is 1. The van der Waals surface area contributed by atoms with Crippen LogP contribution in [0.3, 0.4) is 0 Å². The van der Waals surface area contributed by atoms with Crippen molar-refractivity contribution in [2.45, 2.75) is 31.6 Å². The van der Waals surface area contributed by atoms with Crippen LogP contribution in [0.1, 0.15) is 34.8 Å². The standard InChI is InChI=1S/C10H14OS2/c1-2-8(11)10-5-7-6-12-4-3-9(7)13-10/h5,8,11H,2-4,6H2,1H3. The smallest absolute Gasteiger partial charge is 0.0879 e. The zero-order valence-corrected chi connectivity index (χ0v) is 9.38. The number of rotatable bonds is 2. The Hall–Kier alpha value is 0.01000. The highest BCUT2D eigenvalue weighted by atomic mass is 32.2. The summed E-state index contributed by atoms with van der Waals surface area (Å²) in [4.78, 5) is 2.66. The average molecular weight is 214 g/mol. The second-order valence-corrected chi connectivity index (χ2v) is 5.60. The third kappa shape index (κ3) is 1.92. The largest absolute Gasteiger partial charge is 0.388 e. The van der Waals surface area contributed by atoms with Gasteiger partial charge < -0.3 is 5.11 Å². The summed E-state index contributed by atoms with van der Waals surface area (Å²) in [7, 11) is 0. The van der Waals surface area contributed by atoms with E-state index in [0.29, 0.717) is 0 Å². The van der Waals surface area contributed by atoms with Gasteiger partial charge in [-0.2, -0.15) is 11.8 Å². The molecule has 0 amide bonds. The van der Waals surface area contributed by atoms with Crippen LogP contribution < -0.4 is 0 Å². The molecule has 1 nitrogen and oxygen atoms in total. The summed E-state index contributed by atoms with van der Waals surface area (Å²) in [5, 5.41) is 9.68. The molecule has 1 N–H and O–H groups in total. The molecule has 1 aliphatic rings. The van der Waals surface area contributed by atoms with Crippen LogP contribution in [0.2, 0.25) is 0 Å². The Morgan fingerprint density at radius 2 is 2.46 bits per heavy atom. The van der Waals surface area contributed by atoms with Gasteiger partial charge in [-0.3, -0.25) is 0 Å². The van der Waals surface area contributed by atoms with Crippen LogP contribution in [0.25, 0.3) is 0 Å². The third-order valence-corrected chi connectivity index (χ3v) is 4.71. The summed E-state index contributed by atoms with van der Waals surface area (Å²) in [6.45, 7) is 2.03. The number of hydrogen-bond acceptors (Lipinski definition) is 3. The van der Waals surface area contributed by atoms with Crippen molar-refractivity contribution in [2.24, 2.45) is 0 Å². The minimum Gasteiger partial charge on any atom is -0.388 e. The van der Waals surface area contributed by atoms with Gasteiger partial charge in [-0.1, -0.05) is 6.92 Å². The number of thiophene rings is 1. The normalized spacial score (nSPS) is 18.3. The van der Waals surface area contributed by atoms with Gasteiger partial charge in [0.15, 0.2) is 0 Å². The Morgan fingerprint density at radius 1 is 1.62 bits per heavy atom. The van der Waals surface area contributed by atoms with Gasteiger partial charge in [0.2, 0.25) is 0 Å². The van der Waals surface area contributed by atoms with E-state index in [1.54, 1.807) is 11.3 Å². The molecular weight excluding hydrogens is 200 g/mol. The number of aryl methyl sites for hydroxylation is 1. The van der Waals surface area contributed by atoms with Gasteiger partial charge in [0.25, 0.3) is 0 Å². The van der Waals surface area contributed by atoms with E-state index >= 15 is 0 Å². The van der Waals surface area contributed by atoms with Crippen molar-refractivity contribution in [3.8, 4) is 0 Å². The first-order chi connectivity index (χ1) is 6.31. The molecule has 13 heavy (non-hydrogen) atoms. The summed E-state index contributed by atoms with van der Waals surface area (Å²) in [6, 6.07) is 2.19. The highest BCUT2D eigenvalue weighted by Gasteiger charge is 2.16. The second-order valence-electron chi connectivity index (χ2n) is 3.32. The van der Waals surface area contributed by atoms with Crippen molar-refractivity contribution < 1.29 is 5.11 Å². The Bertz CT molecular complexity index is 270. The van der Waals surface area contributed by atoms with E-state index in [4.69, 9.17) is 0 Å². The zero-order valence-electron chi connectivity index (χ0n) is 7.75. The van der Waals surface area contributed by atoms with Crippen LogP contribution >= 0.6 is 23.1 Å². The molecule has 1 unspecified atom stereocenters. The SMILES string of the molecule is CCC(O)c1cc2c(s1)CCSC2. The van der Waals surface area contributed by atoms with Crippen LogP contribution in [0.4, 0.5) is 0 Å². The lowest BCUT2D eigenvalue weighted by molar-refractivity contribution is 0.177. The molecule has 2 rings (SSSR count). The zero-order chi connectivity index (χ0) is 9.26. The molecule has 0 spiro atoms. The van der Waals surface area contributed by atoms with Crippen molar-refractivity contribution in [1.82, 2.24) is 0 Å². The Balaban J connectivity index is 2.25. The molecule has 0 bridgehead atoms. The van der Waals surface area contributed by atoms with Gasteiger partial charge in [-0.05, 0) is 30.2 Å². The quantitative estimate of drug-likeness (QED) is 0.816. The van der Waals surface area contributed by atoms with Crippen LogP contribution in [0, 0.1) is 0 Å². The Labute approximate surface area is 87.2 Å². The van der Waals surface area contributed by atoms with Crippen molar-refractivity contribution in [3.63, 3.8) is 0 Å². The number of hydrogen-bond donors (Lipinski definition) is 1. The van der Waals surface area contributed by atoms with Gasteiger partial charge in [-0.15, -0.1) is 11.3 Å². The molecule has 0 aromatic carbocycles. The topological polar surface area (TPSA) is 20.2 Å². The van der Waals surface area contributed by atoms with Gasteiger partial charge in [0, 0.05) is 15.5 Å². The molecular formula is C10H14OS2. The maximum absolute atomic E-state index is 9.68. The third-order valence-electron chi connectivity index (χ3n) is 2.36. The van der Waals surface area contributed by atoms with Crippen molar-refractivity contribution in [2.75, 3.05) is 5.75 Å². The molecule has 0 saturated heterocycles. The first-order valence-electron chi connectivity index (χ1n) is 4.68. The van der Waals surface area contributed by atoms with Crippen molar-refractivity contribution in [1.29, 1.82) is 0 Å². The maximum atomic E-state index is 9.68. The van der Waals surface area contributed by atoms with E-state index < -0.39 is 0 Å². The molecule has 1 aliphatic heterocycles. The van der Waals surface area contributed by atoms with Gasteiger partial charge in [0.1, 0.15) is 0 Å². The minimum atomic E-state index is -0.236. The number of thioether (sulfide) groups is 1. The molecule has 0 aliphatic carbocycles. The Kier molecular flexibility index (Phi) is 2.96. The minimum absolute atomic E-state index is 0.236. The number of aliphatic hydroxyl groups excluding tert-OH is 1. The average Bonchev–Trinajstić information content (AvgIpc) is 2.59. The summed E-state index contributed by atoms with van der Waals surface area (Å²) in [5.41, 5.74) is 1.46. The van der Waals surface area contributed by atoms with E-state index in [2.05, 4.69) is 6.07 Å². The molecule has 0 fully saturated rings. The van der Waals surface area contributed by atoms with Crippen LogP contribution in [0.5, 0.6) is 0 Å². The molecule has 0 saturated carbocycles. The fraction of sp³-hybridized carbons (Fsp3) is 0.600. The molecule has 0 radical (unpaired) electrons. The highest BCUT2D eigenvalue weighted by Crippen LogP contribution is 2.35. The van der Waals surface area contributed by atoms with Gasteiger partial charge in [-0.25, -0.2) is 0 Å². The van der Waals surface area contributed by atoms with Gasteiger partial charge >= 0.3 is 0 Å². The summed E-state index contributed by atoms with van der Waals surface area (Å²) < 4.78 is 0. The fourth-order valence-corrected chi connectivity index (χ4v) is 3.98. The first kappa shape index (κ1) is 9.56. The highest BCUT2D eigenvalue weighted by molar-refractivity contribution is 7.98. The summed E-state index contributed by atoms with van der Waals surface area (Å²) >= 11 is 3.80. The molecule has 2 heterocycles. The van der Waals surface area contributed by atoms with Crippen LogP contribution in [-0.4, -0.2) is 10.9 Å². The molecule has 1 atom stereocenters. The monoisotopic (exact) mass is 214 g/mol. The Morgan fingerprint density at radius 3 is 3.15 bits per heavy atom. The predicted octanol–water partition coefficient (Wildman–Crippen LogP) is 2.98. The molecule has 1 aromatic heterocycles.